The fraction of sp³-hybridized carbons (Fsp3) is 0.381. The normalized spacial score (nSPS) is 20.3. The van der Waals surface area contributed by atoms with Crippen molar-refractivity contribution in [1.29, 1.82) is 0 Å². The second-order valence-electron chi connectivity index (χ2n) is 6.96. The molecule has 4 rings (SSSR count). The number of aromatic nitrogens is 2. The number of Topliss-reactive ketones (excluding diaryl/α,β-unsaturated/α-hetero) is 1. The lowest BCUT2D eigenvalue weighted by atomic mass is 9.83. The van der Waals surface area contributed by atoms with E-state index in [9.17, 15) is 4.79 Å². The van der Waals surface area contributed by atoms with Gasteiger partial charge >= 0.3 is 0 Å². The standard InChI is InChI=1S/C21H22N2O2S/c1-25-19-6-4-14(5-7-19)20(24)10-18-9-17-8-15(21-12-22-13-26-21)2-3-16(17)11-23-18/h2-3,8-9,11-14,19H,4-7,10H2,1H3. The van der Waals surface area contributed by atoms with Crippen molar-refractivity contribution in [2.75, 3.05) is 7.11 Å². The number of benzene rings is 1. The number of hydrogen-bond donors (Lipinski definition) is 0. The summed E-state index contributed by atoms with van der Waals surface area (Å²) in [6.07, 6.45) is 8.32. The Morgan fingerprint density at radius 1 is 1.15 bits per heavy atom. The Balaban J connectivity index is 1.50. The average molecular weight is 366 g/mol. The van der Waals surface area contributed by atoms with E-state index in [-0.39, 0.29) is 5.92 Å². The molecule has 26 heavy (non-hydrogen) atoms. The number of methoxy groups -OCH3 is 1. The van der Waals surface area contributed by atoms with Crippen molar-refractivity contribution in [3.8, 4) is 10.4 Å². The summed E-state index contributed by atoms with van der Waals surface area (Å²) in [5.74, 6) is 0.465. The second kappa shape index (κ2) is 7.64. The summed E-state index contributed by atoms with van der Waals surface area (Å²) in [6, 6.07) is 8.38. The Morgan fingerprint density at radius 2 is 2.00 bits per heavy atom. The first-order valence-electron chi connectivity index (χ1n) is 9.06. The average Bonchev–Trinajstić information content (AvgIpc) is 3.22. The van der Waals surface area contributed by atoms with Crippen molar-refractivity contribution in [2.45, 2.75) is 38.2 Å². The van der Waals surface area contributed by atoms with Gasteiger partial charge in [-0.3, -0.25) is 14.8 Å². The largest absolute Gasteiger partial charge is 0.381 e. The van der Waals surface area contributed by atoms with Gasteiger partial charge in [0.15, 0.2) is 0 Å². The molecule has 5 heteroatoms. The first-order valence-corrected chi connectivity index (χ1v) is 9.94. The van der Waals surface area contributed by atoms with Crippen LogP contribution in [0.2, 0.25) is 0 Å². The molecule has 1 saturated carbocycles. The smallest absolute Gasteiger partial charge is 0.141 e. The molecule has 2 heterocycles. The third-order valence-electron chi connectivity index (χ3n) is 5.31. The van der Waals surface area contributed by atoms with Crippen LogP contribution in [0.5, 0.6) is 0 Å². The van der Waals surface area contributed by atoms with Gasteiger partial charge < -0.3 is 4.74 Å². The molecule has 3 aromatic rings. The van der Waals surface area contributed by atoms with E-state index in [4.69, 9.17) is 4.74 Å². The Labute approximate surface area is 157 Å². The minimum absolute atomic E-state index is 0.155. The molecule has 0 aliphatic heterocycles. The first-order chi connectivity index (χ1) is 12.7. The summed E-state index contributed by atoms with van der Waals surface area (Å²) in [6.45, 7) is 0. The number of carbonyl (C=O) groups excluding carboxylic acids is 1. The van der Waals surface area contributed by atoms with Crippen LogP contribution in [-0.4, -0.2) is 29.0 Å². The van der Waals surface area contributed by atoms with E-state index in [1.807, 2.05) is 17.9 Å². The topological polar surface area (TPSA) is 52.1 Å². The van der Waals surface area contributed by atoms with Crippen LogP contribution in [0.4, 0.5) is 0 Å². The SMILES string of the molecule is COC1CCC(C(=O)Cc2cc3cc(-c4cncs4)ccc3cn2)CC1. The third kappa shape index (κ3) is 3.69. The summed E-state index contributed by atoms with van der Waals surface area (Å²) >= 11 is 1.63. The van der Waals surface area contributed by atoms with E-state index in [2.05, 4.69) is 34.2 Å². The van der Waals surface area contributed by atoms with Crippen molar-refractivity contribution in [2.24, 2.45) is 5.92 Å². The lowest BCUT2D eigenvalue weighted by Gasteiger charge is -2.26. The number of hydrogen-bond acceptors (Lipinski definition) is 5. The zero-order chi connectivity index (χ0) is 17.9. The van der Waals surface area contributed by atoms with Crippen molar-refractivity contribution in [1.82, 2.24) is 9.97 Å². The van der Waals surface area contributed by atoms with Crippen LogP contribution in [0, 0.1) is 5.92 Å². The predicted molar refractivity (Wildman–Crippen MR) is 104 cm³/mol. The summed E-state index contributed by atoms with van der Waals surface area (Å²) < 4.78 is 5.40. The highest BCUT2D eigenvalue weighted by Gasteiger charge is 2.26. The Kier molecular flexibility index (Phi) is 5.09. The predicted octanol–water partition coefficient (Wildman–Crippen LogP) is 4.68. The van der Waals surface area contributed by atoms with Gasteiger partial charge in [0, 0.05) is 42.9 Å². The van der Waals surface area contributed by atoms with Crippen LogP contribution in [0.1, 0.15) is 31.4 Å². The number of thiazole rings is 1. The van der Waals surface area contributed by atoms with Gasteiger partial charge in [0.05, 0.1) is 16.5 Å². The van der Waals surface area contributed by atoms with E-state index >= 15 is 0 Å². The summed E-state index contributed by atoms with van der Waals surface area (Å²) in [5.41, 5.74) is 3.85. The third-order valence-corrected chi connectivity index (χ3v) is 6.14. The molecule has 134 valence electrons. The van der Waals surface area contributed by atoms with Crippen molar-refractivity contribution in [3.63, 3.8) is 0 Å². The molecule has 1 aliphatic rings. The molecule has 0 radical (unpaired) electrons. The zero-order valence-electron chi connectivity index (χ0n) is 14.9. The fourth-order valence-corrected chi connectivity index (χ4v) is 4.36. The Bertz CT molecular complexity index is 900. The lowest BCUT2D eigenvalue weighted by molar-refractivity contribution is -0.124. The number of carbonyl (C=O) groups is 1. The Morgan fingerprint density at radius 3 is 2.73 bits per heavy atom. The highest BCUT2D eigenvalue weighted by Crippen LogP contribution is 2.29. The van der Waals surface area contributed by atoms with Crippen LogP contribution >= 0.6 is 11.3 Å². The number of pyridine rings is 1. The van der Waals surface area contributed by atoms with Gasteiger partial charge in [-0.25, -0.2) is 0 Å². The molecule has 0 saturated heterocycles. The van der Waals surface area contributed by atoms with Gasteiger partial charge in [-0.1, -0.05) is 12.1 Å². The van der Waals surface area contributed by atoms with Crippen molar-refractivity contribution >= 4 is 27.9 Å². The van der Waals surface area contributed by atoms with Crippen LogP contribution in [0.15, 0.2) is 42.2 Å². The number of ether oxygens (including phenoxy) is 1. The lowest BCUT2D eigenvalue weighted by Crippen LogP contribution is -2.26. The highest BCUT2D eigenvalue weighted by atomic mass is 32.1. The van der Waals surface area contributed by atoms with E-state index in [1.54, 1.807) is 18.4 Å². The Hall–Kier alpha value is -2.11. The van der Waals surface area contributed by atoms with Crippen LogP contribution in [0.3, 0.4) is 0 Å². The van der Waals surface area contributed by atoms with Crippen molar-refractivity contribution < 1.29 is 9.53 Å². The van der Waals surface area contributed by atoms with Gasteiger partial charge in [0.25, 0.3) is 0 Å². The number of rotatable bonds is 5. The molecule has 0 unspecified atom stereocenters. The van der Waals surface area contributed by atoms with Gasteiger partial charge in [-0.2, -0.15) is 0 Å². The fourth-order valence-electron chi connectivity index (χ4n) is 3.74. The molecule has 0 atom stereocenters. The molecule has 0 spiro atoms. The number of fused-ring (bicyclic) bond motifs is 1. The quantitative estimate of drug-likeness (QED) is 0.658. The maximum Gasteiger partial charge on any atom is 0.141 e. The van der Waals surface area contributed by atoms with Gasteiger partial charge in [-0.05, 0) is 48.8 Å². The molecule has 2 aromatic heterocycles. The molecule has 1 aliphatic carbocycles. The monoisotopic (exact) mass is 366 g/mol. The summed E-state index contributed by atoms with van der Waals surface area (Å²) in [5, 5.41) is 2.21. The maximum atomic E-state index is 12.7. The summed E-state index contributed by atoms with van der Waals surface area (Å²) in [7, 11) is 1.76. The highest BCUT2D eigenvalue weighted by molar-refractivity contribution is 7.13. The molecule has 0 bridgehead atoms. The minimum Gasteiger partial charge on any atom is -0.381 e. The molecule has 4 nitrogen and oxygen atoms in total. The van der Waals surface area contributed by atoms with E-state index in [0.29, 0.717) is 18.3 Å². The molecule has 0 N–H and O–H groups in total. The van der Waals surface area contributed by atoms with Gasteiger partial charge in [-0.15, -0.1) is 11.3 Å². The molecular formula is C21H22N2O2S. The molecule has 1 fully saturated rings. The van der Waals surface area contributed by atoms with E-state index in [1.165, 1.54) is 0 Å². The molecular weight excluding hydrogens is 344 g/mol. The van der Waals surface area contributed by atoms with Crippen LogP contribution < -0.4 is 0 Å². The second-order valence-corrected chi connectivity index (χ2v) is 7.84. The first kappa shape index (κ1) is 17.3. The van der Waals surface area contributed by atoms with Gasteiger partial charge in [0.2, 0.25) is 0 Å². The number of ketones is 1. The van der Waals surface area contributed by atoms with Crippen LogP contribution in [-0.2, 0) is 16.0 Å². The molecule has 1 aromatic carbocycles. The number of nitrogens with zero attached hydrogens (tertiary/aromatic N) is 2. The maximum absolute atomic E-state index is 12.7. The van der Waals surface area contributed by atoms with Crippen LogP contribution in [0.25, 0.3) is 21.2 Å². The van der Waals surface area contributed by atoms with E-state index < -0.39 is 0 Å². The molecule has 0 amide bonds. The van der Waals surface area contributed by atoms with E-state index in [0.717, 1.165) is 52.6 Å². The zero-order valence-corrected chi connectivity index (χ0v) is 15.7. The summed E-state index contributed by atoms with van der Waals surface area (Å²) in [4.78, 5) is 22.5. The van der Waals surface area contributed by atoms with Gasteiger partial charge in [0.1, 0.15) is 5.78 Å². The van der Waals surface area contributed by atoms with Crippen molar-refractivity contribution in [3.05, 3.63) is 47.9 Å². The minimum atomic E-state index is 0.155.